The highest BCUT2D eigenvalue weighted by Crippen LogP contribution is 2.34. The molecule has 1 aliphatic rings. The molecule has 2 amide bonds. The van der Waals surface area contributed by atoms with Gasteiger partial charge in [0.1, 0.15) is 5.54 Å². The van der Waals surface area contributed by atoms with Gasteiger partial charge < -0.3 is 0 Å². The van der Waals surface area contributed by atoms with Gasteiger partial charge in [-0.15, -0.1) is 0 Å². The van der Waals surface area contributed by atoms with Gasteiger partial charge in [-0.05, 0) is 25.0 Å². The van der Waals surface area contributed by atoms with Gasteiger partial charge >= 0.3 is 0 Å². The predicted molar refractivity (Wildman–Crippen MR) is 65.8 cm³/mol. The van der Waals surface area contributed by atoms with Gasteiger partial charge in [0.25, 0.3) is 11.8 Å². The number of hydrogen-bond donors (Lipinski definition) is 0. The van der Waals surface area contributed by atoms with Crippen LogP contribution in [-0.4, -0.2) is 22.3 Å². The van der Waals surface area contributed by atoms with Crippen LogP contribution in [0, 0.1) is 23.0 Å². The number of carbonyl (C=O) groups excluding carboxylic acids is 2. The second-order valence-electron chi connectivity index (χ2n) is 4.61. The Morgan fingerprint density at radius 1 is 1.10 bits per heavy atom. The SMILES string of the molecule is CCC(C#N)(CC)N1C(=O)c2cc(F)c(F)cc2C1=O. The van der Waals surface area contributed by atoms with Crippen LogP contribution < -0.4 is 0 Å². The fourth-order valence-electron chi connectivity index (χ4n) is 2.40. The Kier molecular flexibility index (Phi) is 3.30. The molecule has 104 valence electrons. The van der Waals surface area contributed by atoms with Crippen molar-refractivity contribution in [2.45, 2.75) is 32.2 Å². The number of nitrogens with zero attached hydrogens (tertiary/aromatic N) is 2. The first-order chi connectivity index (χ1) is 9.41. The first-order valence-electron chi connectivity index (χ1n) is 6.21. The molecule has 2 rings (SSSR count). The fraction of sp³-hybridized carbons (Fsp3) is 0.357. The normalized spacial score (nSPS) is 14.4. The lowest BCUT2D eigenvalue weighted by Gasteiger charge is -2.32. The lowest BCUT2D eigenvalue weighted by atomic mass is 9.92. The van der Waals surface area contributed by atoms with E-state index in [2.05, 4.69) is 0 Å². The Hall–Kier alpha value is -2.29. The molecule has 0 N–H and O–H groups in total. The Labute approximate surface area is 114 Å². The minimum Gasteiger partial charge on any atom is -0.269 e. The molecule has 1 heterocycles. The number of amides is 2. The molecule has 1 aromatic rings. The smallest absolute Gasteiger partial charge is 0.263 e. The second kappa shape index (κ2) is 4.67. The molecule has 0 radical (unpaired) electrons. The Morgan fingerprint density at radius 2 is 1.50 bits per heavy atom. The number of fused-ring (bicyclic) bond motifs is 1. The number of halogens is 2. The molecule has 0 atom stereocenters. The van der Waals surface area contributed by atoms with Crippen LogP contribution >= 0.6 is 0 Å². The minimum atomic E-state index is -1.29. The zero-order valence-electron chi connectivity index (χ0n) is 11.0. The fourth-order valence-corrected chi connectivity index (χ4v) is 2.40. The van der Waals surface area contributed by atoms with Gasteiger partial charge in [0, 0.05) is 0 Å². The Bertz CT molecular complexity index is 604. The van der Waals surface area contributed by atoms with E-state index < -0.39 is 29.0 Å². The van der Waals surface area contributed by atoms with E-state index >= 15 is 0 Å². The molecule has 0 saturated heterocycles. The van der Waals surface area contributed by atoms with E-state index in [-0.39, 0.29) is 24.0 Å². The van der Waals surface area contributed by atoms with Crippen LogP contribution in [0.5, 0.6) is 0 Å². The quantitative estimate of drug-likeness (QED) is 0.798. The summed E-state index contributed by atoms with van der Waals surface area (Å²) in [7, 11) is 0. The van der Waals surface area contributed by atoms with Crippen LogP contribution in [0.2, 0.25) is 0 Å². The molecular formula is C14H12F2N2O2. The monoisotopic (exact) mass is 278 g/mol. The van der Waals surface area contributed by atoms with Crippen LogP contribution in [0.15, 0.2) is 12.1 Å². The molecule has 4 nitrogen and oxygen atoms in total. The molecule has 0 bridgehead atoms. The van der Waals surface area contributed by atoms with Crippen molar-refractivity contribution < 1.29 is 18.4 Å². The third-order valence-electron chi connectivity index (χ3n) is 3.73. The summed E-state index contributed by atoms with van der Waals surface area (Å²) in [5.41, 5.74) is -1.69. The molecule has 0 unspecified atom stereocenters. The maximum absolute atomic E-state index is 13.2. The molecule has 0 spiro atoms. The van der Waals surface area contributed by atoms with E-state index in [9.17, 15) is 23.6 Å². The maximum Gasteiger partial charge on any atom is 0.263 e. The zero-order chi connectivity index (χ0) is 15.1. The lowest BCUT2D eigenvalue weighted by molar-refractivity contribution is 0.0494. The number of imide groups is 1. The predicted octanol–water partition coefficient (Wildman–Crippen LogP) is 2.64. The molecular weight excluding hydrogens is 266 g/mol. The van der Waals surface area contributed by atoms with Crippen molar-refractivity contribution >= 4 is 11.8 Å². The topological polar surface area (TPSA) is 61.2 Å². The number of carbonyl (C=O) groups is 2. The lowest BCUT2D eigenvalue weighted by Crippen LogP contribution is -2.50. The van der Waals surface area contributed by atoms with Gasteiger partial charge in [0.15, 0.2) is 11.6 Å². The van der Waals surface area contributed by atoms with Crippen LogP contribution in [0.4, 0.5) is 8.78 Å². The third-order valence-corrected chi connectivity index (χ3v) is 3.73. The molecule has 0 aliphatic carbocycles. The number of nitriles is 1. The van der Waals surface area contributed by atoms with Gasteiger partial charge in [0.2, 0.25) is 0 Å². The molecule has 1 aromatic carbocycles. The summed E-state index contributed by atoms with van der Waals surface area (Å²) in [5, 5.41) is 9.32. The summed E-state index contributed by atoms with van der Waals surface area (Å²) in [6.45, 7) is 3.36. The maximum atomic E-state index is 13.2. The van der Waals surface area contributed by atoms with Gasteiger partial charge in [-0.1, -0.05) is 13.8 Å². The van der Waals surface area contributed by atoms with E-state index in [0.29, 0.717) is 12.1 Å². The van der Waals surface area contributed by atoms with Gasteiger partial charge in [-0.25, -0.2) is 8.78 Å². The van der Waals surface area contributed by atoms with E-state index in [0.717, 1.165) is 4.90 Å². The largest absolute Gasteiger partial charge is 0.269 e. The van der Waals surface area contributed by atoms with Crippen LogP contribution in [0.3, 0.4) is 0 Å². The van der Waals surface area contributed by atoms with E-state index in [4.69, 9.17) is 0 Å². The van der Waals surface area contributed by atoms with E-state index in [1.54, 1.807) is 13.8 Å². The molecule has 20 heavy (non-hydrogen) atoms. The van der Waals surface area contributed by atoms with Crippen molar-refractivity contribution in [2.24, 2.45) is 0 Å². The van der Waals surface area contributed by atoms with Crippen molar-refractivity contribution in [3.63, 3.8) is 0 Å². The highest BCUT2D eigenvalue weighted by atomic mass is 19.2. The summed E-state index contributed by atoms with van der Waals surface area (Å²) < 4.78 is 26.4. The first kappa shape index (κ1) is 14.1. The molecule has 6 heteroatoms. The molecule has 0 saturated carbocycles. The zero-order valence-corrected chi connectivity index (χ0v) is 11.0. The summed E-state index contributed by atoms with van der Waals surface area (Å²) in [6.07, 6.45) is 0.493. The average molecular weight is 278 g/mol. The average Bonchev–Trinajstić information content (AvgIpc) is 2.67. The summed E-state index contributed by atoms with van der Waals surface area (Å²) >= 11 is 0. The summed E-state index contributed by atoms with van der Waals surface area (Å²) in [5.74, 6) is -3.90. The summed E-state index contributed by atoms with van der Waals surface area (Å²) in [6, 6.07) is 3.39. The molecule has 0 aromatic heterocycles. The number of rotatable bonds is 3. The van der Waals surface area contributed by atoms with Crippen LogP contribution in [-0.2, 0) is 0 Å². The molecule has 0 fully saturated rings. The summed E-state index contributed by atoms with van der Waals surface area (Å²) in [4.78, 5) is 25.3. The van der Waals surface area contributed by atoms with Crippen molar-refractivity contribution in [3.05, 3.63) is 34.9 Å². The van der Waals surface area contributed by atoms with Crippen molar-refractivity contribution in [1.29, 1.82) is 5.26 Å². The number of benzene rings is 1. The van der Waals surface area contributed by atoms with Crippen molar-refractivity contribution in [2.75, 3.05) is 0 Å². The highest BCUT2D eigenvalue weighted by Gasteiger charge is 2.48. The van der Waals surface area contributed by atoms with Gasteiger partial charge in [0.05, 0.1) is 17.2 Å². The highest BCUT2D eigenvalue weighted by molar-refractivity contribution is 6.22. The van der Waals surface area contributed by atoms with E-state index in [1.165, 1.54) is 0 Å². The Balaban J connectivity index is 2.61. The van der Waals surface area contributed by atoms with Crippen LogP contribution in [0.1, 0.15) is 47.4 Å². The van der Waals surface area contributed by atoms with Gasteiger partial charge in [-0.3, -0.25) is 14.5 Å². The second-order valence-corrected chi connectivity index (χ2v) is 4.61. The van der Waals surface area contributed by atoms with Crippen LogP contribution in [0.25, 0.3) is 0 Å². The van der Waals surface area contributed by atoms with E-state index in [1.807, 2.05) is 6.07 Å². The molecule has 1 aliphatic heterocycles. The Morgan fingerprint density at radius 3 is 1.80 bits per heavy atom. The minimum absolute atomic E-state index is 0.199. The van der Waals surface area contributed by atoms with Crippen molar-refractivity contribution in [1.82, 2.24) is 4.90 Å². The van der Waals surface area contributed by atoms with Gasteiger partial charge in [-0.2, -0.15) is 5.26 Å². The standard InChI is InChI=1S/C14H12F2N2O2/c1-3-14(4-2,7-17)18-12(19)8-5-10(15)11(16)6-9(8)13(18)20/h5-6H,3-4H2,1-2H3. The van der Waals surface area contributed by atoms with Crippen molar-refractivity contribution in [3.8, 4) is 6.07 Å². The number of hydrogen-bond acceptors (Lipinski definition) is 3. The third kappa shape index (κ3) is 1.70. The first-order valence-corrected chi connectivity index (χ1v) is 6.21.